The van der Waals surface area contributed by atoms with Crippen molar-refractivity contribution in [2.75, 3.05) is 20.1 Å². The molecule has 1 aliphatic heterocycles. The number of phenols is 1. The first-order valence-corrected chi connectivity index (χ1v) is 6.36. The van der Waals surface area contributed by atoms with Crippen LogP contribution in [0.25, 0.3) is 0 Å². The van der Waals surface area contributed by atoms with Gasteiger partial charge in [0.05, 0.1) is 5.56 Å². The topological polar surface area (TPSA) is 52.6 Å². The summed E-state index contributed by atoms with van der Waals surface area (Å²) in [6, 6.07) is 5.48. The number of hydrogen-bond acceptors (Lipinski definition) is 3. The van der Waals surface area contributed by atoms with Gasteiger partial charge in [0, 0.05) is 12.6 Å². The summed E-state index contributed by atoms with van der Waals surface area (Å²) in [6.45, 7) is 3.64. The molecule has 0 saturated carbocycles. The molecule has 0 aliphatic carbocycles. The van der Waals surface area contributed by atoms with Crippen LogP contribution in [0.3, 0.4) is 0 Å². The Labute approximate surface area is 108 Å². The van der Waals surface area contributed by atoms with Crippen molar-refractivity contribution in [3.05, 3.63) is 29.3 Å². The molecule has 0 spiro atoms. The van der Waals surface area contributed by atoms with Gasteiger partial charge in [0.2, 0.25) is 0 Å². The molecular formula is C14H20N2O2. The third-order valence-electron chi connectivity index (χ3n) is 3.57. The van der Waals surface area contributed by atoms with Gasteiger partial charge in [-0.05, 0) is 45.5 Å². The molecule has 0 aromatic heterocycles. The maximum Gasteiger partial charge on any atom is 0.255 e. The molecule has 1 aromatic carbocycles. The second kappa shape index (κ2) is 5.40. The van der Waals surface area contributed by atoms with E-state index in [4.69, 9.17) is 0 Å². The molecule has 1 aliphatic rings. The molecule has 1 saturated heterocycles. The van der Waals surface area contributed by atoms with Gasteiger partial charge in [-0.25, -0.2) is 0 Å². The van der Waals surface area contributed by atoms with E-state index in [1.807, 2.05) is 6.92 Å². The Morgan fingerprint density at radius 3 is 3.00 bits per heavy atom. The normalized spacial score (nSPS) is 20.0. The molecule has 18 heavy (non-hydrogen) atoms. The van der Waals surface area contributed by atoms with Crippen LogP contribution in [0.1, 0.15) is 28.8 Å². The monoisotopic (exact) mass is 248 g/mol. The third-order valence-corrected chi connectivity index (χ3v) is 3.57. The molecule has 0 radical (unpaired) electrons. The lowest BCUT2D eigenvalue weighted by Gasteiger charge is -2.19. The van der Waals surface area contributed by atoms with E-state index in [9.17, 15) is 9.90 Å². The number of likely N-dealkylation sites (tertiary alicyclic amines) is 1. The number of nitrogens with one attached hydrogen (secondary N) is 1. The van der Waals surface area contributed by atoms with Crippen LogP contribution in [0, 0.1) is 6.92 Å². The summed E-state index contributed by atoms with van der Waals surface area (Å²) in [4.78, 5) is 14.3. The highest BCUT2D eigenvalue weighted by Crippen LogP contribution is 2.18. The molecule has 1 atom stereocenters. The van der Waals surface area contributed by atoms with Crippen LogP contribution in [0.5, 0.6) is 5.75 Å². The number of benzene rings is 1. The van der Waals surface area contributed by atoms with Crippen molar-refractivity contribution in [2.24, 2.45) is 0 Å². The van der Waals surface area contributed by atoms with E-state index >= 15 is 0 Å². The Morgan fingerprint density at radius 2 is 2.33 bits per heavy atom. The minimum Gasteiger partial charge on any atom is -0.507 e. The lowest BCUT2D eigenvalue weighted by molar-refractivity contribution is 0.0941. The Bertz CT molecular complexity index is 445. The van der Waals surface area contributed by atoms with Crippen LogP contribution in [0.15, 0.2) is 18.2 Å². The summed E-state index contributed by atoms with van der Waals surface area (Å²) in [6.07, 6.45) is 2.31. The first kappa shape index (κ1) is 12.9. The highest BCUT2D eigenvalue weighted by Gasteiger charge is 2.21. The zero-order valence-corrected chi connectivity index (χ0v) is 10.9. The molecule has 2 rings (SSSR count). The fourth-order valence-electron chi connectivity index (χ4n) is 2.37. The minimum absolute atomic E-state index is 0.0397. The van der Waals surface area contributed by atoms with Crippen LogP contribution in [0.4, 0.5) is 0 Å². The molecule has 0 bridgehead atoms. The van der Waals surface area contributed by atoms with Gasteiger partial charge in [-0.3, -0.25) is 4.79 Å². The second-order valence-corrected chi connectivity index (χ2v) is 5.01. The Kier molecular flexibility index (Phi) is 3.87. The van der Waals surface area contributed by atoms with E-state index in [0.717, 1.165) is 18.5 Å². The number of carbonyl (C=O) groups excluding carboxylic acids is 1. The fourth-order valence-corrected chi connectivity index (χ4v) is 2.37. The van der Waals surface area contributed by atoms with Crippen molar-refractivity contribution in [3.8, 4) is 5.75 Å². The summed E-state index contributed by atoms with van der Waals surface area (Å²) in [7, 11) is 2.08. The molecule has 1 unspecified atom stereocenters. The molecule has 2 N–H and O–H groups in total. The van der Waals surface area contributed by atoms with Gasteiger partial charge in [-0.1, -0.05) is 11.6 Å². The third kappa shape index (κ3) is 2.82. The Morgan fingerprint density at radius 1 is 1.56 bits per heavy atom. The van der Waals surface area contributed by atoms with Crippen molar-refractivity contribution in [3.63, 3.8) is 0 Å². The summed E-state index contributed by atoms with van der Waals surface area (Å²) < 4.78 is 0. The highest BCUT2D eigenvalue weighted by molar-refractivity contribution is 5.97. The molecule has 4 heteroatoms. The number of hydrogen-bond donors (Lipinski definition) is 2. The van der Waals surface area contributed by atoms with E-state index in [-0.39, 0.29) is 11.7 Å². The maximum absolute atomic E-state index is 12.0. The fraction of sp³-hybridized carbons (Fsp3) is 0.500. The van der Waals surface area contributed by atoms with E-state index in [2.05, 4.69) is 17.3 Å². The first-order chi connectivity index (χ1) is 8.58. The number of carbonyl (C=O) groups is 1. The number of nitrogens with zero attached hydrogens (tertiary/aromatic N) is 1. The van der Waals surface area contributed by atoms with Crippen molar-refractivity contribution in [2.45, 2.75) is 25.8 Å². The lowest BCUT2D eigenvalue weighted by Crippen LogP contribution is -2.38. The molecule has 1 heterocycles. The van der Waals surface area contributed by atoms with Crippen LogP contribution >= 0.6 is 0 Å². The smallest absolute Gasteiger partial charge is 0.255 e. The van der Waals surface area contributed by atoms with Crippen LogP contribution in [-0.2, 0) is 0 Å². The van der Waals surface area contributed by atoms with E-state index in [1.165, 1.54) is 6.42 Å². The zero-order chi connectivity index (χ0) is 13.1. The number of aromatic hydroxyl groups is 1. The Hall–Kier alpha value is -1.55. The predicted molar refractivity (Wildman–Crippen MR) is 70.8 cm³/mol. The number of rotatable bonds is 3. The average Bonchev–Trinajstić information content (AvgIpc) is 2.75. The van der Waals surface area contributed by atoms with Gasteiger partial charge in [0.15, 0.2) is 0 Å². The van der Waals surface area contributed by atoms with Crippen LogP contribution in [0.2, 0.25) is 0 Å². The van der Waals surface area contributed by atoms with Crippen LogP contribution in [-0.4, -0.2) is 42.1 Å². The highest BCUT2D eigenvalue weighted by atomic mass is 16.3. The molecule has 1 fully saturated rings. The van der Waals surface area contributed by atoms with E-state index in [0.29, 0.717) is 18.2 Å². The minimum atomic E-state index is -0.198. The number of likely N-dealkylation sites (N-methyl/N-ethyl adjacent to an activating group) is 1. The summed E-state index contributed by atoms with van der Waals surface area (Å²) in [5.41, 5.74) is 1.33. The lowest BCUT2D eigenvalue weighted by atomic mass is 10.1. The summed E-state index contributed by atoms with van der Waals surface area (Å²) >= 11 is 0. The maximum atomic E-state index is 12.0. The van der Waals surface area contributed by atoms with Gasteiger partial charge in [-0.2, -0.15) is 0 Å². The van der Waals surface area contributed by atoms with Gasteiger partial charge >= 0.3 is 0 Å². The number of aryl methyl sites for hydroxylation is 1. The van der Waals surface area contributed by atoms with Gasteiger partial charge < -0.3 is 15.3 Å². The quantitative estimate of drug-likeness (QED) is 0.853. The van der Waals surface area contributed by atoms with Crippen LogP contribution < -0.4 is 5.32 Å². The molecule has 1 amide bonds. The van der Waals surface area contributed by atoms with E-state index in [1.54, 1.807) is 18.2 Å². The van der Waals surface area contributed by atoms with Crippen molar-refractivity contribution in [1.82, 2.24) is 10.2 Å². The number of amides is 1. The molecule has 1 aromatic rings. The second-order valence-electron chi connectivity index (χ2n) is 5.01. The van der Waals surface area contributed by atoms with E-state index < -0.39 is 0 Å². The molecule has 98 valence electrons. The molecule has 4 nitrogen and oxygen atoms in total. The van der Waals surface area contributed by atoms with Crippen molar-refractivity contribution >= 4 is 5.91 Å². The average molecular weight is 248 g/mol. The predicted octanol–water partition coefficient (Wildman–Crippen LogP) is 1.52. The summed E-state index contributed by atoms with van der Waals surface area (Å²) in [5, 5.41) is 12.6. The molecular weight excluding hydrogens is 228 g/mol. The first-order valence-electron chi connectivity index (χ1n) is 6.36. The van der Waals surface area contributed by atoms with Gasteiger partial charge in [-0.15, -0.1) is 0 Å². The van der Waals surface area contributed by atoms with Gasteiger partial charge in [0.25, 0.3) is 5.91 Å². The van der Waals surface area contributed by atoms with Crippen molar-refractivity contribution in [1.29, 1.82) is 0 Å². The number of phenolic OH excluding ortho intramolecular Hbond substituents is 1. The zero-order valence-electron chi connectivity index (χ0n) is 10.9. The SMILES string of the molecule is Cc1ccc(O)c(C(=O)NCC2CCCN2C)c1. The van der Waals surface area contributed by atoms with Crippen molar-refractivity contribution < 1.29 is 9.90 Å². The standard InChI is InChI=1S/C14H20N2O2/c1-10-5-6-13(17)12(8-10)14(18)15-9-11-4-3-7-16(11)2/h5-6,8,11,17H,3-4,7,9H2,1-2H3,(H,15,18). The largest absolute Gasteiger partial charge is 0.507 e. The van der Waals surface area contributed by atoms with Gasteiger partial charge in [0.1, 0.15) is 5.75 Å². The summed E-state index contributed by atoms with van der Waals surface area (Å²) in [5.74, 6) is -0.158. The Balaban J connectivity index is 1.97.